The lowest BCUT2D eigenvalue weighted by Crippen LogP contribution is -2.50. The Bertz CT molecular complexity index is 907. The number of rotatable bonds is 13. The Morgan fingerprint density at radius 2 is 2.15 bits per heavy atom. The largest absolute Gasteiger partial charge is 0.490 e. The van der Waals surface area contributed by atoms with E-state index >= 15 is 0 Å². The van der Waals surface area contributed by atoms with Crippen molar-refractivity contribution in [3.05, 3.63) is 41.5 Å². The highest BCUT2D eigenvalue weighted by atomic mass is 19.1. The molecule has 188 valence electrons. The van der Waals surface area contributed by atoms with Crippen LogP contribution in [0.15, 0.2) is 30.1 Å². The van der Waals surface area contributed by atoms with Crippen molar-refractivity contribution in [2.24, 2.45) is 17.5 Å². The minimum atomic E-state index is -1.33. The first-order valence-electron chi connectivity index (χ1n) is 11.9. The lowest BCUT2D eigenvalue weighted by molar-refractivity contribution is -0.134. The van der Waals surface area contributed by atoms with Crippen LogP contribution in [0.2, 0.25) is 0 Å². The van der Waals surface area contributed by atoms with E-state index in [4.69, 9.17) is 16.3 Å². The molecule has 2 amide bonds. The van der Waals surface area contributed by atoms with Crippen molar-refractivity contribution in [1.82, 2.24) is 15.6 Å². The van der Waals surface area contributed by atoms with Crippen LogP contribution < -0.4 is 26.9 Å². The second-order valence-electron chi connectivity index (χ2n) is 9.13. The van der Waals surface area contributed by atoms with Gasteiger partial charge in [-0.05, 0) is 68.7 Å². The Labute approximate surface area is 199 Å². The lowest BCUT2D eigenvalue weighted by atomic mass is 9.90. The number of amides is 2. The number of imide groups is 1. The zero-order valence-electron chi connectivity index (χ0n) is 19.7. The third kappa shape index (κ3) is 6.91. The smallest absolute Gasteiger partial charge is 0.243 e. The number of benzene rings is 1. The molecule has 9 nitrogen and oxygen atoms in total. The minimum absolute atomic E-state index is 0.0564. The van der Waals surface area contributed by atoms with Crippen LogP contribution in [-0.4, -0.2) is 47.7 Å². The number of carbonyl (C=O) groups is 2. The number of piperidine rings is 1. The summed E-state index contributed by atoms with van der Waals surface area (Å²) in [6.07, 6.45) is 5.90. The molecule has 1 aromatic rings. The molecule has 1 aromatic carbocycles. The van der Waals surface area contributed by atoms with Crippen LogP contribution in [0.5, 0.6) is 5.75 Å². The molecule has 1 aliphatic heterocycles. The number of hydrazine groups is 1. The van der Waals surface area contributed by atoms with Crippen molar-refractivity contribution in [3.63, 3.8) is 0 Å². The van der Waals surface area contributed by atoms with Crippen LogP contribution in [-0.2, 0) is 15.2 Å². The van der Waals surface area contributed by atoms with Gasteiger partial charge in [0.15, 0.2) is 11.6 Å². The number of nitrogens with two attached hydrogens (primary N) is 2. The van der Waals surface area contributed by atoms with Gasteiger partial charge in [-0.15, -0.1) is 0 Å². The second kappa shape index (κ2) is 11.6. The molecule has 3 rings (SSSR count). The molecule has 2 atom stereocenters. The van der Waals surface area contributed by atoms with Crippen molar-refractivity contribution in [2.75, 3.05) is 19.7 Å². The van der Waals surface area contributed by atoms with Gasteiger partial charge in [0, 0.05) is 18.3 Å². The van der Waals surface area contributed by atoms with Gasteiger partial charge in [0.2, 0.25) is 11.8 Å². The predicted molar refractivity (Wildman–Crippen MR) is 125 cm³/mol. The van der Waals surface area contributed by atoms with Crippen LogP contribution in [0, 0.1) is 11.7 Å². The molecule has 0 bridgehead atoms. The maximum Gasteiger partial charge on any atom is 0.243 e. The Hall–Kier alpha value is -2.69. The maximum absolute atomic E-state index is 14.2. The van der Waals surface area contributed by atoms with Gasteiger partial charge in [0.1, 0.15) is 5.60 Å². The average Bonchev–Trinajstić information content (AvgIpc) is 3.64. The summed E-state index contributed by atoms with van der Waals surface area (Å²) in [5.74, 6) is 5.86. The van der Waals surface area contributed by atoms with Gasteiger partial charge in [-0.25, -0.2) is 10.2 Å². The Morgan fingerprint density at radius 1 is 1.38 bits per heavy atom. The molecule has 0 aromatic heterocycles. The van der Waals surface area contributed by atoms with Gasteiger partial charge in [-0.1, -0.05) is 13.0 Å². The number of nitrogens with zero attached hydrogens (tertiary/aromatic N) is 1. The fourth-order valence-corrected chi connectivity index (χ4v) is 3.94. The normalized spacial score (nSPS) is 20.6. The van der Waals surface area contributed by atoms with E-state index in [0.717, 1.165) is 12.8 Å². The molecule has 0 radical (unpaired) electrons. The molecule has 1 heterocycles. The zero-order chi connectivity index (χ0) is 24.7. The van der Waals surface area contributed by atoms with Crippen LogP contribution in [0.3, 0.4) is 0 Å². The highest BCUT2D eigenvalue weighted by Gasteiger charge is 2.32. The third-order valence-corrected chi connectivity index (χ3v) is 6.46. The molecule has 7 N–H and O–H groups in total. The van der Waals surface area contributed by atoms with Gasteiger partial charge < -0.3 is 25.9 Å². The van der Waals surface area contributed by atoms with Gasteiger partial charge in [-0.2, -0.15) is 0 Å². The molecular formula is C24H36FN5O4. The van der Waals surface area contributed by atoms with Gasteiger partial charge in [-0.3, -0.25) is 14.9 Å². The summed E-state index contributed by atoms with van der Waals surface area (Å²) >= 11 is 0. The third-order valence-electron chi connectivity index (χ3n) is 6.46. The first-order chi connectivity index (χ1) is 16.3. The standard InChI is InChI=1S/C24H36FN5O4/c1-2-24(33,17-7-8-19(25)21(12-17)34-14-16-5-6-16)15-30(27)18(13-26)4-3-11-28-20-9-10-22(31)29-23(20)32/h7-8,12-13,16,20,28,33H,2-6,9-11,14-15,26-27H2,1H3,(H,29,31,32)/b18-13-/t20?,24-/m1/s1. The number of aliphatic hydroxyl groups is 1. The molecule has 1 aliphatic carbocycles. The molecule has 1 saturated carbocycles. The van der Waals surface area contributed by atoms with Crippen LogP contribution >= 0.6 is 0 Å². The summed E-state index contributed by atoms with van der Waals surface area (Å²) in [5.41, 5.74) is 5.61. The zero-order valence-corrected chi connectivity index (χ0v) is 19.7. The molecule has 34 heavy (non-hydrogen) atoms. The van der Waals surface area contributed by atoms with Crippen molar-refractivity contribution in [2.45, 2.75) is 63.5 Å². The minimum Gasteiger partial charge on any atom is -0.490 e. The van der Waals surface area contributed by atoms with Gasteiger partial charge in [0.25, 0.3) is 0 Å². The average molecular weight is 478 g/mol. The molecular weight excluding hydrogens is 441 g/mol. The summed E-state index contributed by atoms with van der Waals surface area (Å²) in [6, 6.07) is 4.01. The van der Waals surface area contributed by atoms with E-state index in [1.807, 2.05) is 6.92 Å². The molecule has 2 fully saturated rings. The fourth-order valence-electron chi connectivity index (χ4n) is 3.94. The topological polar surface area (TPSA) is 143 Å². The number of ether oxygens (including phenoxy) is 1. The fraction of sp³-hybridized carbons (Fsp3) is 0.583. The lowest BCUT2D eigenvalue weighted by Gasteiger charge is -2.34. The quantitative estimate of drug-likeness (QED) is 0.124. The first kappa shape index (κ1) is 25.9. The highest BCUT2D eigenvalue weighted by Crippen LogP contribution is 2.33. The van der Waals surface area contributed by atoms with Gasteiger partial charge in [0.05, 0.1) is 19.2 Å². The predicted octanol–water partition coefficient (Wildman–Crippen LogP) is 1.36. The molecule has 1 unspecified atom stereocenters. The molecule has 0 spiro atoms. The van der Waals surface area contributed by atoms with Crippen molar-refractivity contribution in [3.8, 4) is 5.75 Å². The Kier molecular flexibility index (Phi) is 8.87. The number of hydrogen-bond donors (Lipinski definition) is 5. The second-order valence-corrected chi connectivity index (χ2v) is 9.13. The summed E-state index contributed by atoms with van der Waals surface area (Å²) in [7, 11) is 0. The molecule has 10 heteroatoms. The van der Waals surface area contributed by atoms with E-state index in [1.54, 1.807) is 12.1 Å². The summed E-state index contributed by atoms with van der Waals surface area (Å²) in [6.45, 7) is 2.90. The van der Waals surface area contributed by atoms with E-state index < -0.39 is 17.5 Å². The van der Waals surface area contributed by atoms with Crippen LogP contribution in [0.1, 0.15) is 57.4 Å². The number of nitrogens with one attached hydrogen (secondary N) is 2. The first-order valence-corrected chi connectivity index (χ1v) is 11.9. The molecule has 1 saturated heterocycles. The summed E-state index contributed by atoms with van der Waals surface area (Å²) in [5, 5.41) is 18.2. The highest BCUT2D eigenvalue weighted by molar-refractivity contribution is 6.00. The number of allylic oxidation sites excluding steroid dienone is 1. The van der Waals surface area contributed by atoms with E-state index in [9.17, 15) is 19.1 Å². The molecule has 2 aliphatic rings. The number of halogens is 1. The van der Waals surface area contributed by atoms with Crippen molar-refractivity contribution >= 4 is 11.8 Å². The maximum atomic E-state index is 14.2. The SMILES string of the molecule is CC[C@@](O)(CN(N)/C(=C\N)CCCNC1CCC(=O)NC1=O)c1ccc(F)c(OCC2CC2)c1. The number of carbonyl (C=O) groups excluding carboxylic acids is 2. The summed E-state index contributed by atoms with van der Waals surface area (Å²) in [4.78, 5) is 23.1. The van der Waals surface area contributed by atoms with Crippen molar-refractivity contribution in [1.29, 1.82) is 0 Å². The summed E-state index contributed by atoms with van der Waals surface area (Å²) < 4.78 is 19.8. The number of hydrogen-bond acceptors (Lipinski definition) is 8. The van der Waals surface area contributed by atoms with Crippen LogP contribution in [0.4, 0.5) is 4.39 Å². The Balaban J connectivity index is 1.54. The van der Waals surface area contributed by atoms with E-state index in [0.29, 0.717) is 62.4 Å². The van der Waals surface area contributed by atoms with Gasteiger partial charge >= 0.3 is 0 Å². The van der Waals surface area contributed by atoms with E-state index in [2.05, 4.69) is 10.6 Å². The van der Waals surface area contributed by atoms with E-state index in [-0.39, 0.29) is 24.1 Å². The van der Waals surface area contributed by atoms with E-state index in [1.165, 1.54) is 17.3 Å². The monoisotopic (exact) mass is 477 g/mol. The Morgan fingerprint density at radius 3 is 2.79 bits per heavy atom. The van der Waals surface area contributed by atoms with Crippen molar-refractivity contribution < 1.29 is 23.8 Å². The van der Waals surface area contributed by atoms with Crippen LogP contribution in [0.25, 0.3) is 0 Å².